The third kappa shape index (κ3) is 10.0. The molecule has 1 aliphatic heterocycles. The SMILES string of the molecule is Cc1sc2c(c1C)C(c1ccc(Cl)cc1)=N[C@@H](CC(=O)NCCCCCCCCCNCCNc1cccc(CC(N)=O)c1)c1nnc(C)n1-2. The highest BCUT2D eigenvalue weighted by Crippen LogP contribution is 2.39. The summed E-state index contributed by atoms with van der Waals surface area (Å²) in [7, 11) is 0. The second-order valence-electron chi connectivity index (χ2n) is 13.0. The minimum Gasteiger partial charge on any atom is -0.384 e. The van der Waals surface area contributed by atoms with Crippen LogP contribution in [0.3, 0.4) is 0 Å². The number of rotatable bonds is 19. The number of aryl methyl sites for hydroxylation is 2. The third-order valence-corrected chi connectivity index (χ3v) is 10.5. The molecule has 5 N–H and O–H groups in total. The van der Waals surface area contributed by atoms with Gasteiger partial charge in [0.1, 0.15) is 16.9 Å². The topological polar surface area (TPSA) is 139 Å². The summed E-state index contributed by atoms with van der Waals surface area (Å²) in [5.74, 6) is 1.13. The number of primary amides is 1. The second kappa shape index (κ2) is 18.3. The number of carbonyl (C=O) groups excluding carboxylic acids is 2. The van der Waals surface area contributed by atoms with Gasteiger partial charge in [0.25, 0.3) is 0 Å². The van der Waals surface area contributed by atoms with E-state index < -0.39 is 6.04 Å². The van der Waals surface area contributed by atoms with Crippen molar-refractivity contribution in [3.63, 3.8) is 0 Å². The Balaban J connectivity index is 0.992. The number of benzene rings is 2. The van der Waals surface area contributed by atoms with Gasteiger partial charge in [-0.15, -0.1) is 21.5 Å². The van der Waals surface area contributed by atoms with Crippen LogP contribution in [-0.2, 0) is 16.0 Å². The lowest BCUT2D eigenvalue weighted by Crippen LogP contribution is -2.26. The van der Waals surface area contributed by atoms with Crippen molar-refractivity contribution in [2.24, 2.45) is 10.7 Å². The maximum absolute atomic E-state index is 13.2. The molecule has 0 fully saturated rings. The van der Waals surface area contributed by atoms with Crippen molar-refractivity contribution in [3.05, 3.63) is 92.3 Å². The summed E-state index contributed by atoms with van der Waals surface area (Å²) in [5.41, 5.74) is 11.3. The van der Waals surface area contributed by atoms with E-state index in [0.29, 0.717) is 17.4 Å². The number of aromatic nitrogens is 3. The van der Waals surface area contributed by atoms with E-state index in [1.54, 1.807) is 11.3 Å². The molecule has 0 bridgehead atoms. The van der Waals surface area contributed by atoms with Crippen molar-refractivity contribution in [1.29, 1.82) is 0 Å². The minimum atomic E-state index is -0.460. The first-order valence-electron chi connectivity index (χ1n) is 17.7. The quantitative estimate of drug-likeness (QED) is 0.0791. The zero-order valence-corrected chi connectivity index (χ0v) is 30.9. The lowest BCUT2D eigenvalue weighted by Gasteiger charge is -2.13. The number of nitrogens with two attached hydrogens (primary N) is 1. The molecule has 0 aliphatic carbocycles. The summed E-state index contributed by atoms with van der Waals surface area (Å²) in [5, 5.41) is 20.6. The molecule has 0 unspecified atom stereocenters. The monoisotopic (exact) mass is 716 g/mol. The summed E-state index contributed by atoms with van der Waals surface area (Å²) in [6.07, 6.45) is 8.49. The molecule has 4 aromatic rings. The Kier molecular flexibility index (Phi) is 13.6. The molecule has 10 nitrogen and oxygen atoms in total. The normalized spacial score (nSPS) is 13.7. The highest BCUT2D eigenvalue weighted by atomic mass is 35.5. The summed E-state index contributed by atoms with van der Waals surface area (Å²) < 4.78 is 2.08. The third-order valence-electron chi connectivity index (χ3n) is 9.02. The first kappa shape index (κ1) is 37.2. The number of carbonyl (C=O) groups is 2. The summed E-state index contributed by atoms with van der Waals surface area (Å²) in [6, 6.07) is 15.1. The van der Waals surface area contributed by atoms with E-state index >= 15 is 0 Å². The van der Waals surface area contributed by atoms with Crippen molar-refractivity contribution in [2.75, 3.05) is 31.5 Å². The number of fused-ring (bicyclic) bond motifs is 3. The average molecular weight is 717 g/mol. The number of aliphatic imine (C=N–C) groups is 1. The van der Waals surface area contributed by atoms with Crippen LogP contribution >= 0.6 is 22.9 Å². The fourth-order valence-electron chi connectivity index (χ4n) is 6.28. The Hall–Kier alpha value is -4.06. The van der Waals surface area contributed by atoms with Gasteiger partial charge < -0.3 is 21.7 Å². The van der Waals surface area contributed by atoms with Crippen LogP contribution in [0.1, 0.15) is 96.2 Å². The molecular weight excluding hydrogens is 668 g/mol. The largest absolute Gasteiger partial charge is 0.384 e. The molecule has 1 aliphatic rings. The van der Waals surface area contributed by atoms with Crippen molar-refractivity contribution in [2.45, 2.75) is 84.6 Å². The molecule has 0 saturated heterocycles. The van der Waals surface area contributed by atoms with Gasteiger partial charge in [-0.3, -0.25) is 19.1 Å². The number of thiophene rings is 1. The smallest absolute Gasteiger partial charge is 0.222 e. The second-order valence-corrected chi connectivity index (χ2v) is 14.6. The summed E-state index contributed by atoms with van der Waals surface area (Å²) >= 11 is 7.93. The van der Waals surface area contributed by atoms with Crippen LogP contribution in [0.2, 0.25) is 5.02 Å². The van der Waals surface area contributed by atoms with E-state index in [1.807, 2.05) is 55.5 Å². The lowest BCUT2D eigenvalue weighted by atomic mass is 9.99. The molecular formula is C38H49ClN8O2S. The van der Waals surface area contributed by atoms with Gasteiger partial charge in [0.15, 0.2) is 5.82 Å². The first-order chi connectivity index (χ1) is 24.2. The van der Waals surface area contributed by atoms with Crippen LogP contribution in [-0.4, -0.2) is 58.5 Å². The molecule has 12 heteroatoms. The minimum absolute atomic E-state index is 0.0288. The fraction of sp³-hybridized carbons (Fsp3) is 0.447. The zero-order valence-electron chi connectivity index (χ0n) is 29.4. The lowest BCUT2D eigenvalue weighted by molar-refractivity contribution is -0.121. The van der Waals surface area contributed by atoms with Gasteiger partial charge in [-0.2, -0.15) is 0 Å². The van der Waals surface area contributed by atoms with E-state index in [4.69, 9.17) is 22.3 Å². The maximum Gasteiger partial charge on any atom is 0.222 e. The molecule has 50 heavy (non-hydrogen) atoms. The average Bonchev–Trinajstić information content (AvgIpc) is 3.56. The number of amides is 2. The molecule has 0 radical (unpaired) electrons. The number of nitrogens with one attached hydrogen (secondary N) is 3. The molecule has 2 aromatic heterocycles. The van der Waals surface area contributed by atoms with Gasteiger partial charge >= 0.3 is 0 Å². The molecule has 0 saturated carbocycles. The van der Waals surface area contributed by atoms with E-state index in [-0.39, 0.29) is 24.7 Å². The number of hydrogen-bond acceptors (Lipinski definition) is 8. The Morgan fingerprint density at radius 3 is 2.36 bits per heavy atom. The standard InChI is InChI=1S/C38H49ClN8O2S/c1-25-26(2)50-38-35(25)36(29-14-16-30(39)17-15-29)44-32(37-46-45-27(3)47(37)38)24-34(49)43-19-10-8-6-4-5-7-9-18-41-20-21-42-31-13-11-12-28(22-31)23-33(40)48/h11-17,22,32,41-42H,4-10,18-21,23-24H2,1-3H3,(H2,40,48)(H,43,49)/t32-/m0/s1. The van der Waals surface area contributed by atoms with E-state index in [2.05, 4.69) is 44.6 Å². The number of anilines is 1. The van der Waals surface area contributed by atoms with Crippen LogP contribution in [0.5, 0.6) is 0 Å². The van der Waals surface area contributed by atoms with Crippen molar-refractivity contribution >= 4 is 46.2 Å². The molecule has 1 atom stereocenters. The van der Waals surface area contributed by atoms with Gasteiger partial charge in [0.05, 0.1) is 18.6 Å². The number of unbranched alkanes of at least 4 members (excludes halogenated alkanes) is 6. The summed E-state index contributed by atoms with van der Waals surface area (Å²) in [4.78, 5) is 30.7. The van der Waals surface area contributed by atoms with Crippen molar-refractivity contribution in [3.8, 4) is 5.00 Å². The van der Waals surface area contributed by atoms with E-state index in [1.165, 1.54) is 36.1 Å². The van der Waals surface area contributed by atoms with E-state index in [0.717, 1.165) is 77.8 Å². The summed E-state index contributed by atoms with van der Waals surface area (Å²) in [6.45, 7) is 9.57. The van der Waals surface area contributed by atoms with Gasteiger partial charge in [0.2, 0.25) is 11.8 Å². The Labute approximate surface area is 304 Å². The molecule has 2 amide bonds. The van der Waals surface area contributed by atoms with Gasteiger partial charge in [-0.05, 0) is 75.5 Å². The van der Waals surface area contributed by atoms with Gasteiger partial charge in [-0.1, -0.05) is 68.0 Å². The van der Waals surface area contributed by atoms with Crippen LogP contribution in [0, 0.1) is 20.8 Å². The van der Waals surface area contributed by atoms with Crippen molar-refractivity contribution < 1.29 is 9.59 Å². The number of halogens is 1. The predicted octanol–water partition coefficient (Wildman–Crippen LogP) is 6.77. The maximum atomic E-state index is 13.2. The van der Waals surface area contributed by atoms with Crippen molar-refractivity contribution in [1.82, 2.24) is 25.4 Å². The fourth-order valence-corrected chi connectivity index (χ4v) is 7.62. The molecule has 2 aromatic carbocycles. The highest BCUT2D eigenvalue weighted by Gasteiger charge is 2.32. The number of hydrogen-bond donors (Lipinski definition) is 4. The molecule has 0 spiro atoms. The van der Waals surface area contributed by atoms with Crippen LogP contribution in [0.4, 0.5) is 5.69 Å². The molecule has 5 rings (SSSR count). The number of nitrogens with zero attached hydrogens (tertiary/aromatic N) is 4. The van der Waals surface area contributed by atoms with Gasteiger partial charge in [0, 0.05) is 46.3 Å². The predicted molar refractivity (Wildman–Crippen MR) is 204 cm³/mol. The Bertz CT molecular complexity index is 1780. The molecule has 3 heterocycles. The Morgan fingerprint density at radius 2 is 1.62 bits per heavy atom. The Morgan fingerprint density at radius 1 is 0.900 bits per heavy atom. The molecule has 266 valence electrons. The van der Waals surface area contributed by atoms with Crippen LogP contribution in [0.25, 0.3) is 5.00 Å². The zero-order chi connectivity index (χ0) is 35.5. The van der Waals surface area contributed by atoms with Crippen LogP contribution < -0.4 is 21.7 Å². The highest BCUT2D eigenvalue weighted by molar-refractivity contribution is 7.15. The van der Waals surface area contributed by atoms with Gasteiger partial charge in [-0.25, -0.2) is 0 Å². The first-order valence-corrected chi connectivity index (χ1v) is 18.9. The van der Waals surface area contributed by atoms with E-state index in [9.17, 15) is 9.59 Å². The van der Waals surface area contributed by atoms with Crippen LogP contribution in [0.15, 0.2) is 53.5 Å².